The van der Waals surface area contributed by atoms with Crippen LogP contribution in [0.15, 0.2) is 0 Å². The minimum Gasteiger partial charge on any atom is -0.480 e. The zero-order valence-corrected chi connectivity index (χ0v) is 10.8. The van der Waals surface area contributed by atoms with Crippen LogP contribution >= 0.6 is 0 Å². The van der Waals surface area contributed by atoms with Gasteiger partial charge in [-0.05, 0) is 19.8 Å². The summed E-state index contributed by atoms with van der Waals surface area (Å²) in [7, 11) is -3.62. The molecule has 1 aliphatic rings. The van der Waals surface area contributed by atoms with Crippen LogP contribution in [0.4, 0.5) is 0 Å². The second kappa shape index (κ2) is 4.33. The number of carboxylic acids is 1. The topological polar surface area (TPSA) is 83.5 Å². The first kappa shape index (κ1) is 13.4. The molecule has 0 spiro atoms. The fourth-order valence-electron chi connectivity index (χ4n) is 2.65. The number of aliphatic carboxylic acids is 1. The number of hydrogen-bond acceptors (Lipinski definition) is 4. The summed E-state index contributed by atoms with van der Waals surface area (Å²) < 4.78 is 24.4. The van der Waals surface area contributed by atoms with Gasteiger partial charge in [-0.2, -0.15) is 0 Å². The number of rotatable bonds is 2. The molecule has 16 heavy (non-hydrogen) atoms. The van der Waals surface area contributed by atoms with Gasteiger partial charge >= 0.3 is 5.97 Å². The van der Waals surface area contributed by atoms with Crippen molar-refractivity contribution < 1.29 is 18.3 Å². The molecular formula is C10H19NO4S. The smallest absolute Gasteiger partial charge is 0.323 e. The van der Waals surface area contributed by atoms with Gasteiger partial charge in [0.1, 0.15) is 0 Å². The van der Waals surface area contributed by atoms with Gasteiger partial charge in [0.2, 0.25) is 0 Å². The molecule has 0 aromatic carbocycles. The van der Waals surface area contributed by atoms with Crippen LogP contribution in [0.1, 0.15) is 27.7 Å². The fraction of sp³-hybridized carbons (Fsp3) is 0.900. The van der Waals surface area contributed by atoms with Gasteiger partial charge in [0.15, 0.2) is 15.1 Å². The standard InChI is InChI=1S/C10H19NO4S/c1-5(2)8-6(3)11-7(4)9(10(12)13)16(8,14)15/h5-9,11H,1-4H3,(H,12,13). The summed E-state index contributed by atoms with van der Waals surface area (Å²) in [6, 6.07) is -0.761. The maximum atomic E-state index is 12.2. The molecule has 1 fully saturated rings. The van der Waals surface area contributed by atoms with Crippen molar-refractivity contribution in [3.05, 3.63) is 0 Å². The van der Waals surface area contributed by atoms with E-state index in [-0.39, 0.29) is 12.0 Å². The second-order valence-corrected chi connectivity index (χ2v) is 7.03. The minimum absolute atomic E-state index is 0.0955. The van der Waals surface area contributed by atoms with E-state index in [0.717, 1.165) is 0 Å². The van der Waals surface area contributed by atoms with Crippen LogP contribution in [0.2, 0.25) is 0 Å². The highest BCUT2D eigenvalue weighted by molar-refractivity contribution is 7.93. The fourth-order valence-corrected chi connectivity index (χ4v) is 5.32. The van der Waals surface area contributed by atoms with Crippen LogP contribution in [0.3, 0.4) is 0 Å². The Morgan fingerprint density at radius 3 is 2.12 bits per heavy atom. The van der Waals surface area contributed by atoms with E-state index in [1.807, 2.05) is 0 Å². The average Bonchev–Trinajstić information content (AvgIpc) is 1.97. The Kier molecular flexibility index (Phi) is 3.64. The Labute approximate surface area is 96.1 Å². The molecule has 4 atom stereocenters. The maximum absolute atomic E-state index is 12.2. The minimum atomic E-state index is -3.62. The van der Waals surface area contributed by atoms with Gasteiger partial charge in [0.25, 0.3) is 0 Å². The highest BCUT2D eigenvalue weighted by Crippen LogP contribution is 2.27. The zero-order valence-electron chi connectivity index (χ0n) is 9.97. The van der Waals surface area contributed by atoms with Crippen molar-refractivity contribution in [2.24, 2.45) is 5.92 Å². The van der Waals surface area contributed by atoms with Gasteiger partial charge < -0.3 is 10.4 Å². The molecule has 4 unspecified atom stereocenters. The van der Waals surface area contributed by atoms with Crippen LogP contribution < -0.4 is 5.32 Å². The van der Waals surface area contributed by atoms with E-state index in [1.165, 1.54) is 0 Å². The molecule has 0 amide bonds. The molecular weight excluding hydrogens is 230 g/mol. The predicted octanol–water partition coefficient (Wildman–Crippen LogP) is 0.259. The summed E-state index contributed by atoms with van der Waals surface area (Å²) >= 11 is 0. The zero-order chi connectivity index (χ0) is 12.7. The van der Waals surface area contributed by atoms with Crippen LogP contribution in [-0.4, -0.2) is 42.1 Å². The van der Waals surface area contributed by atoms with Gasteiger partial charge in [0, 0.05) is 12.1 Å². The number of sulfone groups is 1. The Hall–Kier alpha value is -0.620. The Bertz CT molecular complexity index is 376. The van der Waals surface area contributed by atoms with E-state index in [9.17, 15) is 13.2 Å². The Morgan fingerprint density at radius 2 is 1.75 bits per heavy atom. The molecule has 0 aliphatic carbocycles. The van der Waals surface area contributed by atoms with Crippen LogP contribution in [0.5, 0.6) is 0 Å². The van der Waals surface area contributed by atoms with Crippen LogP contribution in [-0.2, 0) is 14.6 Å². The third kappa shape index (κ3) is 2.08. The van der Waals surface area contributed by atoms with Gasteiger partial charge in [-0.25, -0.2) is 8.42 Å². The lowest BCUT2D eigenvalue weighted by molar-refractivity contribution is -0.137. The second-order valence-electron chi connectivity index (χ2n) is 4.80. The van der Waals surface area contributed by atoms with E-state index in [0.29, 0.717) is 0 Å². The molecule has 0 saturated carbocycles. The van der Waals surface area contributed by atoms with Crippen molar-refractivity contribution in [1.82, 2.24) is 5.32 Å². The number of carboxylic acid groups (broad SMARTS) is 1. The third-order valence-corrected chi connectivity index (χ3v) is 6.14. The summed E-state index contributed by atoms with van der Waals surface area (Å²) in [5.74, 6) is -1.36. The lowest BCUT2D eigenvalue weighted by Gasteiger charge is -2.39. The molecule has 0 aromatic heterocycles. The van der Waals surface area contributed by atoms with Crippen molar-refractivity contribution in [3.8, 4) is 0 Å². The molecule has 0 aromatic rings. The van der Waals surface area contributed by atoms with Crippen LogP contribution in [0.25, 0.3) is 0 Å². The molecule has 1 rings (SSSR count). The molecule has 6 heteroatoms. The van der Waals surface area contributed by atoms with Crippen LogP contribution in [0, 0.1) is 5.92 Å². The van der Waals surface area contributed by atoms with E-state index in [4.69, 9.17) is 5.11 Å². The van der Waals surface area contributed by atoms with Crippen molar-refractivity contribution in [2.75, 3.05) is 0 Å². The van der Waals surface area contributed by atoms with Crippen molar-refractivity contribution >= 4 is 15.8 Å². The average molecular weight is 249 g/mol. The summed E-state index contributed by atoms with van der Waals surface area (Å²) in [5.41, 5.74) is 0. The first-order chi connectivity index (χ1) is 7.19. The maximum Gasteiger partial charge on any atom is 0.323 e. The summed E-state index contributed by atoms with van der Waals surface area (Å²) in [6.45, 7) is 6.99. The van der Waals surface area contributed by atoms with Crippen molar-refractivity contribution in [1.29, 1.82) is 0 Å². The van der Waals surface area contributed by atoms with Crippen molar-refractivity contribution in [3.63, 3.8) is 0 Å². The van der Waals surface area contributed by atoms with E-state index >= 15 is 0 Å². The number of nitrogens with one attached hydrogen (secondary N) is 1. The highest BCUT2D eigenvalue weighted by Gasteiger charge is 2.50. The first-order valence-electron chi connectivity index (χ1n) is 5.41. The SMILES string of the molecule is CC(C)C1C(C)NC(C)C(C(=O)O)S1(=O)=O. The summed E-state index contributed by atoms with van der Waals surface area (Å²) in [5, 5.41) is 10.1. The van der Waals surface area contributed by atoms with Gasteiger partial charge in [0.05, 0.1) is 5.25 Å². The largest absolute Gasteiger partial charge is 0.480 e. The molecule has 1 aliphatic heterocycles. The first-order valence-corrected chi connectivity index (χ1v) is 7.02. The molecule has 0 bridgehead atoms. The van der Waals surface area contributed by atoms with E-state index < -0.39 is 32.3 Å². The Morgan fingerprint density at radius 1 is 1.25 bits per heavy atom. The normalized spacial score (nSPS) is 38.6. The molecule has 1 heterocycles. The number of carbonyl (C=O) groups is 1. The summed E-state index contributed by atoms with van der Waals surface area (Å²) in [4.78, 5) is 11.0. The van der Waals surface area contributed by atoms with E-state index in [1.54, 1.807) is 27.7 Å². The third-order valence-electron chi connectivity index (χ3n) is 3.11. The molecule has 2 N–H and O–H groups in total. The van der Waals surface area contributed by atoms with Gasteiger partial charge in [-0.3, -0.25) is 4.79 Å². The Balaban J connectivity index is 3.20. The quantitative estimate of drug-likeness (QED) is 0.733. The lowest BCUT2D eigenvalue weighted by Crippen LogP contribution is -2.63. The molecule has 0 radical (unpaired) electrons. The van der Waals surface area contributed by atoms with E-state index in [2.05, 4.69) is 5.32 Å². The highest BCUT2D eigenvalue weighted by atomic mass is 32.2. The molecule has 1 saturated heterocycles. The molecule has 94 valence electrons. The predicted molar refractivity (Wildman–Crippen MR) is 61.0 cm³/mol. The van der Waals surface area contributed by atoms with Gasteiger partial charge in [-0.15, -0.1) is 0 Å². The monoisotopic (exact) mass is 249 g/mol. The molecule has 5 nitrogen and oxygen atoms in total. The lowest BCUT2D eigenvalue weighted by atomic mass is 10.0. The van der Waals surface area contributed by atoms with Crippen molar-refractivity contribution in [2.45, 2.75) is 50.3 Å². The summed E-state index contributed by atoms with van der Waals surface area (Å²) in [6.07, 6.45) is 0. The number of hydrogen-bond donors (Lipinski definition) is 2. The van der Waals surface area contributed by atoms with Gasteiger partial charge in [-0.1, -0.05) is 13.8 Å².